The number of guanidine groups is 1. The molecule has 2 aliphatic rings. The lowest BCUT2D eigenvalue weighted by molar-refractivity contribution is -0.141. The van der Waals surface area contributed by atoms with Crippen LogP contribution in [-0.4, -0.2) is 41.0 Å². The van der Waals surface area contributed by atoms with Crippen LogP contribution < -0.4 is 16.4 Å². The number of nitrogens with zero attached hydrogens (tertiary/aromatic N) is 4. The van der Waals surface area contributed by atoms with Crippen LogP contribution in [0.3, 0.4) is 0 Å². The van der Waals surface area contributed by atoms with Gasteiger partial charge in [-0.25, -0.2) is 15.0 Å². The van der Waals surface area contributed by atoms with Gasteiger partial charge in [0, 0.05) is 24.4 Å². The third kappa shape index (κ3) is 4.80. The second-order valence-corrected chi connectivity index (χ2v) is 7.07. The van der Waals surface area contributed by atoms with Gasteiger partial charge in [-0.3, -0.25) is 10.7 Å². The van der Waals surface area contributed by atoms with Gasteiger partial charge in [-0.1, -0.05) is 6.07 Å². The highest BCUT2D eigenvalue weighted by Gasteiger charge is 2.36. The molecule has 4 rings (SSSR count). The maximum absolute atomic E-state index is 13.7. The van der Waals surface area contributed by atoms with Crippen molar-refractivity contribution >= 4 is 11.8 Å². The monoisotopic (exact) mass is 437 g/mol. The SMILES string of the molecule is NC1(c2ccnc(F)c2)N=C(c2cccc(C(F)(F)F)n2)NC(=NCC2CCCO2)N1. The smallest absolute Gasteiger partial charge is 0.376 e. The zero-order valence-electron chi connectivity index (χ0n) is 16.2. The number of alkyl halides is 3. The summed E-state index contributed by atoms with van der Waals surface area (Å²) in [6.45, 7) is 0.952. The van der Waals surface area contributed by atoms with Crippen molar-refractivity contribution in [1.29, 1.82) is 0 Å². The van der Waals surface area contributed by atoms with Crippen LogP contribution in [0.1, 0.15) is 29.8 Å². The van der Waals surface area contributed by atoms with E-state index >= 15 is 0 Å². The predicted molar refractivity (Wildman–Crippen MR) is 103 cm³/mol. The number of hydrogen-bond acceptors (Lipinski definition) is 6. The van der Waals surface area contributed by atoms with Gasteiger partial charge in [0.25, 0.3) is 0 Å². The molecule has 2 aromatic rings. The molecular weight excluding hydrogens is 418 g/mol. The zero-order valence-corrected chi connectivity index (χ0v) is 16.2. The van der Waals surface area contributed by atoms with Crippen LogP contribution in [0.4, 0.5) is 17.6 Å². The summed E-state index contributed by atoms with van der Waals surface area (Å²) < 4.78 is 58.6. The Hall–Kier alpha value is -3.12. The summed E-state index contributed by atoms with van der Waals surface area (Å²) >= 11 is 0. The van der Waals surface area contributed by atoms with Gasteiger partial charge in [-0.15, -0.1) is 0 Å². The number of halogens is 4. The van der Waals surface area contributed by atoms with Crippen LogP contribution in [0.25, 0.3) is 0 Å². The summed E-state index contributed by atoms with van der Waals surface area (Å²) in [5.74, 6) is -2.39. The molecule has 0 spiro atoms. The van der Waals surface area contributed by atoms with Gasteiger partial charge >= 0.3 is 6.18 Å². The normalized spacial score (nSPS) is 25.1. The minimum atomic E-state index is -4.63. The molecule has 2 unspecified atom stereocenters. The molecule has 0 amide bonds. The Morgan fingerprint density at radius 1 is 1.29 bits per heavy atom. The third-order valence-corrected chi connectivity index (χ3v) is 4.76. The molecule has 1 saturated heterocycles. The van der Waals surface area contributed by atoms with Gasteiger partial charge in [0.1, 0.15) is 11.4 Å². The van der Waals surface area contributed by atoms with Crippen molar-refractivity contribution in [2.45, 2.75) is 30.9 Å². The van der Waals surface area contributed by atoms with Crippen LogP contribution >= 0.6 is 0 Å². The van der Waals surface area contributed by atoms with E-state index in [1.165, 1.54) is 24.4 Å². The van der Waals surface area contributed by atoms with Gasteiger partial charge in [0.2, 0.25) is 11.7 Å². The van der Waals surface area contributed by atoms with Crippen molar-refractivity contribution in [2.24, 2.45) is 15.7 Å². The maximum atomic E-state index is 13.7. The first-order valence-electron chi connectivity index (χ1n) is 9.49. The number of aromatic nitrogens is 2. The van der Waals surface area contributed by atoms with Crippen molar-refractivity contribution < 1.29 is 22.3 Å². The molecule has 0 aliphatic carbocycles. The lowest BCUT2D eigenvalue weighted by atomic mass is 10.1. The largest absolute Gasteiger partial charge is 0.433 e. The van der Waals surface area contributed by atoms with Crippen LogP contribution in [0.15, 0.2) is 46.5 Å². The summed E-state index contributed by atoms with van der Waals surface area (Å²) in [5.41, 5.74) is 5.41. The number of aliphatic imine (C=N–C) groups is 2. The number of nitrogens with one attached hydrogen (secondary N) is 2. The minimum Gasteiger partial charge on any atom is -0.376 e. The zero-order chi connectivity index (χ0) is 22.1. The lowest BCUT2D eigenvalue weighted by Gasteiger charge is -2.34. The molecule has 8 nitrogen and oxygen atoms in total. The summed E-state index contributed by atoms with van der Waals surface area (Å²) in [7, 11) is 0. The topological polar surface area (TPSA) is 110 Å². The highest BCUT2D eigenvalue weighted by Crippen LogP contribution is 2.28. The molecule has 0 radical (unpaired) electrons. The van der Waals surface area contributed by atoms with Crippen molar-refractivity contribution in [3.8, 4) is 0 Å². The Bertz CT molecular complexity index is 1020. The molecule has 2 aromatic heterocycles. The Labute approximate surface area is 174 Å². The van der Waals surface area contributed by atoms with E-state index in [-0.39, 0.29) is 29.2 Å². The number of ether oxygens (including phenoxy) is 1. The lowest BCUT2D eigenvalue weighted by Crippen LogP contribution is -2.61. The number of nitrogens with two attached hydrogens (primary N) is 1. The molecule has 12 heteroatoms. The van der Waals surface area contributed by atoms with E-state index in [9.17, 15) is 17.6 Å². The van der Waals surface area contributed by atoms with Crippen LogP contribution in [0.5, 0.6) is 0 Å². The fourth-order valence-electron chi connectivity index (χ4n) is 3.24. The number of rotatable bonds is 4. The molecule has 164 valence electrons. The average Bonchev–Trinajstić information content (AvgIpc) is 3.25. The molecule has 2 aliphatic heterocycles. The summed E-state index contributed by atoms with van der Waals surface area (Å²) in [5, 5.41) is 5.70. The van der Waals surface area contributed by atoms with Gasteiger partial charge in [-0.2, -0.15) is 17.6 Å². The Morgan fingerprint density at radius 2 is 2.13 bits per heavy atom. The predicted octanol–water partition coefficient (Wildman–Crippen LogP) is 1.88. The molecule has 1 fully saturated rings. The fourth-order valence-corrected chi connectivity index (χ4v) is 3.24. The number of hydrogen-bond donors (Lipinski definition) is 3. The van der Waals surface area contributed by atoms with E-state index in [0.29, 0.717) is 13.2 Å². The second-order valence-electron chi connectivity index (χ2n) is 7.07. The summed E-state index contributed by atoms with van der Waals surface area (Å²) in [6.07, 6.45) is -1.72. The van der Waals surface area contributed by atoms with E-state index < -0.39 is 23.6 Å². The molecule has 31 heavy (non-hydrogen) atoms. The van der Waals surface area contributed by atoms with Crippen molar-refractivity contribution in [2.75, 3.05) is 13.2 Å². The Morgan fingerprint density at radius 3 is 2.84 bits per heavy atom. The standard InChI is InChI=1S/C19H19F4N7O/c20-15-9-11(6-7-25-15)19(24)29-16(13-4-1-5-14(27-13)18(21,22)23)28-17(30-19)26-10-12-3-2-8-31-12/h1,4-7,9,12H,2-3,8,10,24H2,(H2,26,28,29,30). The molecule has 0 aromatic carbocycles. The molecule has 0 saturated carbocycles. The van der Waals surface area contributed by atoms with Crippen LogP contribution in [0, 0.1) is 5.95 Å². The molecule has 0 bridgehead atoms. The van der Waals surface area contributed by atoms with Gasteiger partial charge in [0.15, 0.2) is 11.8 Å². The van der Waals surface area contributed by atoms with E-state index in [1.807, 2.05) is 0 Å². The quantitative estimate of drug-likeness (QED) is 0.498. The number of amidine groups is 1. The number of pyridine rings is 2. The molecule has 4 heterocycles. The van der Waals surface area contributed by atoms with Gasteiger partial charge in [0.05, 0.1) is 12.6 Å². The summed E-state index contributed by atoms with van der Waals surface area (Å²) in [4.78, 5) is 15.8. The van der Waals surface area contributed by atoms with Crippen LogP contribution in [-0.2, 0) is 16.7 Å². The Balaban J connectivity index is 1.73. The van der Waals surface area contributed by atoms with E-state index in [0.717, 1.165) is 25.0 Å². The molecule has 4 N–H and O–H groups in total. The maximum Gasteiger partial charge on any atom is 0.433 e. The third-order valence-electron chi connectivity index (χ3n) is 4.76. The van der Waals surface area contributed by atoms with E-state index in [1.54, 1.807) is 0 Å². The first-order valence-corrected chi connectivity index (χ1v) is 9.49. The minimum absolute atomic E-state index is 0.0457. The fraction of sp³-hybridized carbons (Fsp3) is 0.368. The van der Waals surface area contributed by atoms with Gasteiger partial charge in [-0.05, 0) is 31.0 Å². The van der Waals surface area contributed by atoms with Crippen LogP contribution in [0.2, 0.25) is 0 Å². The highest BCUT2D eigenvalue weighted by atomic mass is 19.4. The average molecular weight is 437 g/mol. The summed E-state index contributed by atoms with van der Waals surface area (Å²) in [6, 6.07) is 5.95. The first-order chi connectivity index (χ1) is 14.7. The van der Waals surface area contributed by atoms with E-state index in [4.69, 9.17) is 10.5 Å². The second kappa shape index (κ2) is 8.19. The van der Waals surface area contributed by atoms with Crippen molar-refractivity contribution in [1.82, 2.24) is 20.6 Å². The Kier molecular flexibility index (Phi) is 5.58. The van der Waals surface area contributed by atoms with Crippen molar-refractivity contribution in [3.63, 3.8) is 0 Å². The molecule has 2 atom stereocenters. The molecular formula is C19H19F4N7O. The van der Waals surface area contributed by atoms with Crippen molar-refractivity contribution in [3.05, 3.63) is 59.4 Å². The first kappa shape index (κ1) is 21.1. The highest BCUT2D eigenvalue weighted by molar-refractivity contribution is 6.09. The van der Waals surface area contributed by atoms with E-state index in [2.05, 4.69) is 30.6 Å². The van der Waals surface area contributed by atoms with Gasteiger partial charge < -0.3 is 15.4 Å².